The van der Waals surface area contributed by atoms with Crippen LogP contribution in [-0.4, -0.2) is 23.1 Å². The number of rotatable bonds is 4. The van der Waals surface area contributed by atoms with E-state index in [-0.39, 0.29) is 16.9 Å². The van der Waals surface area contributed by atoms with Crippen LogP contribution in [0.15, 0.2) is 77.7 Å². The first-order chi connectivity index (χ1) is 13.7. The quantitative estimate of drug-likeness (QED) is 0.539. The molecule has 0 spiro atoms. The van der Waals surface area contributed by atoms with Gasteiger partial charge >= 0.3 is 0 Å². The molecule has 1 heterocycles. The molecular weight excluding hydrogens is 393 g/mol. The summed E-state index contributed by atoms with van der Waals surface area (Å²) in [6.07, 6.45) is 0. The highest BCUT2D eigenvalue weighted by Gasteiger charge is 2.39. The van der Waals surface area contributed by atoms with Gasteiger partial charge in [-0.2, -0.15) is 0 Å². The van der Waals surface area contributed by atoms with Gasteiger partial charge in [0.25, 0.3) is 0 Å². The summed E-state index contributed by atoms with van der Waals surface area (Å²) in [6, 6.07) is 20.2. The zero-order valence-electron chi connectivity index (χ0n) is 15.4. The lowest BCUT2D eigenvalue weighted by Gasteiger charge is -2.29. The topological polar surface area (TPSA) is 98.2 Å². The standard InChI is InChI=1S/C21H18FN3O3S/c1-25-19-16(12-13-17(18(19)22)29(23,27)28)24-20(25)21(26,14-8-4-2-5-9-14)15-10-6-3-7-11-15/h2-13,26H,1H3,(H2,23,27,28). The van der Waals surface area contributed by atoms with Gasteiger partial charge in [0.15, 0.2) is 17.2 Å². The normalized spacial score (nSPS) is 12.4. The molecule has 8 heteroatoms. The molecule has 29 heavy (non-hydrogen) atoms. The summed E-state index contributed by atoms with van der Waals surface area (Å²) in [5.41, 5.74) is -0.465. The van der Waals surface area contributed by atoms with Crippen molar-refractivity contribution in [3.63, 3.8) is 0 Å². The number of primary sulfonamides is 1. The number of aromatic nitrogens is 2. The van der Waals surface area contributed by atoms with Crippen molar-refractivity contribution >= 4 is 21.1 Å². The van der Waals surface area contributed by atoms with Crippen LogP contribution in [0.5, 0.6) is 0 Å². The maximum atomic E-state index is 15.0. The molecule has 0 radical (unpaired) electrons. The molecule has 3 aromatic carbocycles. The molecule has 4 aromatic rings. The van der Waals surface area contributed by atoms with Crippen LogP contribution >= 0.6 is 0 Å². The van der Waals surface area contributed by atoms with Crippen LogP contribution < -0.4 is 5.14 Å². The maximum absolute atomic E-state index is 15.0. The summed E-state index contributed by atoms with van der Waals surface area (Å²) in [4.78, 5) is 3.84. The number of benzene rings is 3. The Morgan fingerprint density at radius 1 is 0.966 bits per heavy atom. The third kappa shape index (κ3) is 3.02. The SMILES string of the molecule is Cn1c(C(O)(c2ccccc2)c2ccccc2)nc2ccc(S(N)(=O)=O)c(F)c21. The van der Waals surface area contributed by atoms with Gasteiger partial charge in [0.2, 0.25) is 10.0 Å². The predicted octanol–water partition coefficient (Wildman–Crippen LogP) is 2.64. The predicted molar refractivity (Wildman–Crippen MR) is 107 cm³/mol. The van der Waals surface area contributed by atoms with Crippen molar-refractivity contribution in [3.8, 4) is 0 Å². The van der Waals surface area contributed by atoms with Crippen molar-refractivity contribution in [1.82, 2.24) is 9.55 Å². The summed E-state index contributed by atoms with van der Waals surface area (Å²) in [5.74, 6) is -0.856. The molecule has 0 bridgehead atoms. The van der Waals surface area contributed by atoms with Crippen molar-refractivity contribution in [2.75, 3.05) is 0 Å². The van der Waals surface area contributed by atoms with Gasteiger partial charge < -0.3 is 9.67 Å². The number of hydrogen-bond donors (Lipinski definition) is 2. The third-order valence-corrected chi connectivity index (χ3v) is 5.88. The highest BCUT2D eigenvalue weighted by Crippen LogP contribution is 2.38. The second-order valence-corrected chi connectivity index (χ2v) is 8.26. The number of aliphatic hydroxyl groups is 1. The lowest BCUT2D eigenvalue weighted by molar-refractivity contribution is 0.113. The van der Waals surface area contributed by atoms with Gasteiger partial charge in [0.1, 0.15) is 10.4 Å². The monoisotopic (exact) mass is 411 g/mol. The molecule has 4 rings (SSSR count). The van der Waals surface area contributed by atoms with E-state index in [0.717, 1.165) is 6.07 Å². The Bertz CT molecular complexity index is 1260. The number of imidazole rings is 1. The molecule has 0 atom stereocenters. The van der Waals surface area contributed by atoms with E-state index in [1.807, 2.05) is 12.1 Å². The Morgan fingerprint density at radius 3 is 1.97 bits per heavy atom. The fourth-order valence-corrected chi connectivity index (χ4v) is 4.17. The fourth-order valence-electron chi connectivity index (χ4n) is 3.57. The molecule has 0 unspecified atom stereocenters. The van der Waals surface area contributed by atoms with Gasteiger partial charge in [-0.25, -0.2) is 22.9 Å². The minimum absolute atomic E-state index is 0.0585. The van der Waals surface area contributed by atoms with Crippen LogP contribution in [-0.2, 0) is 22.7 Å². The largest absolute Gasteiger partial charge is 0.373 e. The second-order valence-electron chi connectivity index (χ2n) is 6.73. The smallest absolute Gasteiger partial charge is 0.241 e. The molecule has 3 N–H and O–H groups in total. The summed E-state index contributed by atoms with van der Waals surface area (Å²) in [7, 11) is -2.73. The van der Waals surface area contributed by atoms with E-state index in [1.165, 1.54) is 17.7 Å². The van der Waals surface area contributed by atoms with Crippen molar-refractivity contribution in [2.24, 2.45) is 12.2 Å². The van der Waals surface area contributed by atoms with E-state index >= 15 is 4.39 Å². The Kier molecular flexibility index (Phi) is 4.49. The molecule has 1 aromatic heterocycles. The highest BCUT2D eigenvalue weighted by atomic mass is 32.2. The van der Waals surface area contributed by atoms with E-state index in [4.69, 9.17) is 5.14 Å². The molecule has 0 aliphatic rings. The van der Waals surface area contributed by atoms with Crippen molar-refractivity contribution in [3.05, 3.63) is 95.6 Å². The van der Waals surface area contributed by atoms with E-state index in [0.29, 0.717) is 11.1 Å². The average Bonchev–Trinajstić information content (AvgIpc) is 3.06. The van der Waals surface area contributed by atoms with Crippen LogP contribution in [0.1, 0.15) is 17.0 Å². The molecule has 0 amide bonds. The van der Waals surface area contributed by atoms with Gasteiger partial charge in [-0.15, -0.1) is 0 Å². The van der Waals surface area contributed by atoms with Crippen LogP contribution in [0.4, 0.5) is 4.39 Å². The maximum Gasteiger partial charge on any atom is 0.241 e. The lowest BCUT2D eigenvalue weighted by atomic mass is 9.85. The second kappa shape index (κ2) is 6.77. The van der Waals surface area contributed by atoms with Crippen LogP contribution in [0.25, 0.3) is 11.0 Å². The van der Waals surface area contributed by atoms with Crippen LogP contribution in [0.2, 0.25) is 0 Å². The molecule has 0 saturated carbocycles. The van der Waals surface area contributed by atoms with E-state index in [2.05, 4.69) is 4.98 Å². The molecule has 0 aliphatic carbocycles. The number of hydrogen-bond acceptors (Lipinski definition) is 4. The van der Waals surface area contributed by atoms with Gasteiger partial charge in [-0.05, 0) is 23.3 Å². The van der Waals surface area contributed by atoms with Crippen LogP contribution in [0, 0.1) is 5.82 Å². The van der Waals surface area contributed by atoms with E-state index < -0.39 is 26.3 Å². The van der Waals surface area contributed by atoms with Gasteiger partial charge in [-0.3, -0.25) is 0 Å². The number of nitrogens with two attached hydrogens (primary N) is 1. The van der Waals surface area contributed by atoms with Crippen molar-refractivity contribution in [2.45, 2.75) is 10.5 Å². The van der Waals surface area contributed by atoms with E-state index in [9.17, 15) is 13.5 Å². The number of nitrogens with zero attached hydrogens (tertiary/aromatic N) is 2. The minimum Gasteiger partial charge on any atom is -0.373 e. The number of aryl methyl sites for hydroxylation is 1. The average molecular weight is 411 g/mol. The molecule has 148 valence electrons. The number of sulfonamides is 1. The zero-order valence-corrected chi connectivity index (χ0v) is 16.3. The van der Waals surface area contributed by atoms with Gasteiger partial charge in [0.05, 0.1) is 5.52 Å². The van der Waals surface area contributed by atoms with Crippen LogP contribution in [0.3, 0.4) is 0 Å². The Hall–Kier alpha value is -3.07. The third-order valence-electron chi connectivity index (χ3n) is 4.95. The highest BCUT2D eigenvalue weighted by molar-refractivity contribution is 7.89. The molecular formula is C21H18FN3O3S. The number of halogens is 1. The first-order valence-corrected chi connectivity index (χ1v) is 10.3. The van der Waals surface area contributed by atoms with E-state index in [1.54, 1.807) is 48.5 Å². The molecule has 6 nitrogen and oxygen atoms in total. The Labute approximate surface area is 167 Å². The lowest BCUT2D eigenvalue weighted by Crippen LogP contribution is -2.32. The summed E-state index contributed by atoms with van der Waals surface area (Å²) < 4.78 is 39.8. The molecule has 0 saturated heterocycles. The Morgan fingerprint density at radius 2 is 1.48 bits per heavy atom. The first kappa shape index (κ1) is 19.3. The van der Waals surface area contributed by atoms with Crippen molar-refractivity contribution in [1.29, 1.82) is 0 Å². The molecule has 0 fully saturated rings. The summed E-state index contributed by atoms with van der Waals surface area (Å²) in [5, 5.41) is 17.0. The zero-order chi connectivity index (χ0) is 20.8. The van der Waals surface area contributed by atoms with Crippen molar-refractivity contribution < 1.29 is 17.9 Å². The molecule has 0 aliphatic heterocycles. The van der Waals surface area contributed by atoms with Gasteiger partial charge in [-0.1, -0.05) is 60.7 Å². The summed E-state index contributed by atoms with van der Waals surface area (Å²) in [6.45, 7) is 0. The number of fused-ring (bicyclic) bond motifs is 1. The first-order valence-electron chi connectivity index (χ1n) is 8.76. The summed E-state index contributed by atoms with van der Waals surface area (Å²) >= 11 is 0. The van der Waals surface area contributed by atoms with Gasteiger partial charge in [0, 0.05) is 7.05 Å². The minimum atomic E-state index is -4.25. The fraction of sp³-hybridized carbons (Fsp3) is 0.0952. The Balaban J connectivity index is 2.07.